The number of carbonyl (C=O) groups excluding carboxylic acids is 3. The molecule has 2 aromatic carbocycles. The highest BCUT2D eigenvalue weighted by molar-refractivity contribution is 5.96. The number of ether oxygens (including phenoxy) is 1. The number of halogens is 1. The molecule has 10 heteroatoms. The third kappa shape index (κ3) is 6.63. The molecule has 0 bridgehead atoms. The molecule has 2 aliphatic rings. The van der Waals surface area contributed by atoms with Gasteiger partial charge in [-0.05, 0) is 67.9 Å². The van der Waals surface area contributed by atoms with E-state index in [-0.39, 0.29) is 29.4 Å². The van der Waals surface area contributed by atoms with Gasteiger partial charge in [0.05, 0.1) is 6.20 Å². The number of aromatic nitrogens is 3. The number of imidazole rings is 1. The lowest BCUT2D eigenvalue weighted by Crippen LogP contribution is -2.44. The summed E-state index contributed by atoms with van der Waals surface area (Å²) in [4.78, 5) is 45.6. The minimum Gasteiger partial charge on any atom is -0.438 e. The van der Waals surface area contributed by atoms with Gasteiger partial charge in [0, 0.05) is 36.8 Å². The Morgan fingerprint density at radius 3 is 2.40 bits per heavy atom. The number of fused-ring (bicyclic) bond motifs is 1. The fourth-order valence-corrected chi connectivity index (χ4v) is 5.70. The molecule has 0 atom stereocenters. The van der Waals surface area contributed by atoms with Crippen molar-refractivity contribution in [3.63, 3.8) is 0 Å². The first-order chi connectivity index (χ1) is 20.9. The maximum absolute atomic E-state index is 14.2. The van der Waals surface area contributed by atoms with Crippen LogP contribution in [0.2, 0.25) is 0 Å². The van der Waals surface area contributed by atoms with Gasteiger partial charge in [0.1, 0.15) is 34.9 Å². The molecule has 0 spiro atoms. The zero-order valence-electron chi connectivity index (χ0n) is 23.6. The molecule has 3 heterocycles. The van der Waals surface area contributed by atoms with E-state index in [1.165, 1.54) is 0 Å². The van der Waals surface area contributed by atoms with Crippen molar-refractivity contribution < 1.29 is 23.5 Å². The largest absolute Gasteiger partial charge is 0.438 e. The highest BCUT2D eigenvalue weighted by Crippen LogP contribution is 2.29. The zero-order chi connectivity index (χ0) is 29.8. The molecule has 2 amide bonds. The molecular weight excluding hydrogens is 549 g/mol. The topological polar surface area (TPSA) is 115 Å². The van der Waals surface area contributed by atoms with E-state index in [0.29, 0.717) is 42.7 Å². The van der Waals surface area contributed by atoms with E-state index in [0.717, 1.165) is 61.3 Å². The molecule has 43 heavy (non-hydrogen) atoms. The van der Waals surface area contributed by atoms with Crippen LogP contribution in [0.3, 0.4) is 0 Å². The van der Waals surface area contributed by atoms with Gasteiger partial charge in [-0.2, -0.15) is 0 Å². The second-order valence-electron chi connectivity index (χ2n) is 11.1. The molecule has 220 valence electrons. The molecule has 2 N–H and O–H groups in total. The summed E-state index contributed by atoms with van der Waals surface area (Å²) in [7, 11) is 0. The number of nitrogens with zero attached hydrogens (tertiary/aromatic N) is 3. The summed E-state index contributed by atoms with van der Waals surface area (Å²) in [5.41, 5.74) is 2.77. The average Bonchev–Trinajstić information content (AvgIpc) is 3.48. The van der Waals surface area contributed by atoms with Gasteiger partial charge in [-0.25, -0.2) is 14.4 Å². The van der Waals surface area contributed by atoms with Crippen LogP contribution >= 0.6 is 0 Å². The molecule has 0 unspecified atom stereocenters. The van der Waals surface area contributed by atoms with E-state index >= 15 is 0 Å². The summed E-state index contributed by atoms with van der Waals surface area (Å²) in [6.45, 7) is 0.901. The van der Waals surface area contributed by atoms with Gasteiger partial charge in [-0.3, -0.25) is 14.4 Å². The van der Waals surface area contributed by atoms with E-state index in [4.69, 9.17) is 4.74 Å². The maximum atomic E-state index is 14.2. The number of amides is 2. The third-order valence-electron chi connectivity index (χ3n) is 8.03. The van der Waals surface area contributed by atoms with E-state index in [1.807, 2.05) is 24.4 Å². The normalized spacial score (nSPS) is 17.9. The first-order valence-electron chi connectivity index (χ1n) is 14.6. The van der Waals surface area contributed by atoms with Crippen molar-refractivity contribution in [2.75, 3.05) is 0 Å². The number of pyridine rings is 1. The van der Waals surface area contributed by atoms with Crippen molar-refractivity contribution in [3.05, 3.63) is 95.5 Å². The van der Waals surface area contributed by atoms with Gasteiger partial charge >= 0.3 is 0 Å². The predicted molar refractivity (Wildman–Crippen MR) is 158 cm³/mol. The van der Waals surface area contributed by atoms with E-state index < -0.39 is 11.7 Å². The summed E-state index contributed by atoms with van der Waals surface area (Å²) < 4.78 is 22.2. The summed E-state index contributed by atoms with van der Waals surface area (Å²) in [5.74, 6) is 0.115. The monoisotopic (exact) mass is 581 g/mol. The lowest BCUT2D eigenvalue weighted by Gasteiger charge is -2.29. The fourth-order valence-electron chi connectivity index (χ4n) is 5.70. The molecule has 1 fully saturated rings. The van der Waals surface area contributed by atoms with E-state index in [2.05, 4.69) is 25.2 Å². The van der Waals surface area contributed by atoms with Crippen molar-refractivity contribution in [1.29, 1.82) is 0 Å². The van der Waals surface area contributed by atoms with Gasteiger partial charge in [0.25, 0.3) is 11.8 Å². The Morgan fingerprint density at radius 2 is 1.67 bits per heavy atom. The minimum absolute atomic E-state index is 0.0000794. The minimum atomic E-state index is -0.645. The smallest absolute Gasteiger partial charge is 0.271 e. The lowest BCUT2D eigenvalue weighted by molar-refractivity contribution is 0.0887. The molecule has 9 nitrogen and oxygen atoms in total. The number of hydrogen-bond donors (Lipinski definition) is 2. The van der Waals surface area contributed by atoms with Crippen LogP contribution in [-0.2, 0) is 13.0 Å². The zero-order valence-corrected chi connectivity index (χ0v) is 23.6. The first-order valence-corrected chi connectivity index (χ1v) is 14.6. The summed E-state index contributed by atoms with van der Waals surface area (Å²) in [6.07, 6.45) is 9.48. The van der Waals surface area contributed by atoms with Crippen molar-refractivity contribution in [3.8, 4) is 22.8 Å². The molecule has 0 radical (unpaired) electrons. The fraction of sp³-hybridized carbons (Fsp3) is 0.303. The molecule has 0 saturated heterocycles. The SMILES string of the molecule is O=Cc1ccc(-c2cccc(Oc3ncc(F)cc3C(=O)N[C@H]3CC[C@H](NC(=O)c4cn5c(n4)CCCC5)CC3)c2)cc1. The number of hydrogen-bond acceptors (Lipinski definition) is 6. The molecule has 6 rings (SSSR count). The highest BCUT2D eigenvalue weighted by atomic mass is 19.1. The standard InChI is InChI=1S/C33H32FN5O4/c34-24-17-28(33(35-18-24)43-27-5-3-4-23(16-27)22-9-7-21(20-40)8-10-22)31(41)36-25-11-13-26(14-12-25)37-32(42)29-19-39-15-2-1-6-30(39)38-29/h3-5,7-10,16-20,25-26H,1-2,6,11-15H2,(H,36,41)(H,37,42)/t25-,26-. The second-order valence-corrected chi connectivity index (χ2v) is 11.1. The number of nitrogens with one attached hydrogen (secondary N) is 2. The van der Waals surface area contributed by atoms with Crippen LogP contribution in [-0.4, -0.2) is 44.7 Å². The Hall–Kier alpha value is -4.86. The van der Waals surface area contributed by atoms with Crippen molar-refractivity contribution in [1.82, 2.24) is 25.2 Å². The van der Waals surface area contributed by atoms with Gasteiger partial charge in [0.15, 0.2) is 0 Å². The maximum Gasteiger partial charge on any atom is 0.271 e. The van der Waals surface area contributed by atoms with Crippen molar-refractivity contribution in [2.24, 2.45) is 0 Å². The van der Waals surface area contributed by atoms with Crippen LogP contribution < -0.4 is 15.4 Å². The molecule has 1 saturated carbocycles. The Balaban J connectivity index is 1.07. The summed E-state index contributed by atoms with van der Waals surface area (Å²) in [6, 6.07) is 15.3. The second kappa shape index (κ2) is 12.6. The quantitative estimate of drug-likeness (QED) is 0.266. The first kappa shape index (κ1) is 28.3. The summed E-state index contributed by atoms with van der Waals surface area (Å²) in [5, 5.41) is 6.09. The number of rotatable bonds is 8. The van der Waals surface area contributed by atoms with Crippen molar-refractivity contribution in [2.45, 2.75) is 63.6 Å². The number of carbonyl (C=O) groups is 3. The van der Waals surface area contributed by atoms with Gasteiger partial charge in [0.2, 0.25) is 5.88 Å². The number of aryl methyl sites for hydroxylation is 2. The van der Waals surface area contributed by atoms with Crippen LogP contribution in [0.1, 0.15) is 75.6 Å². The van der Waals surface area contributed by atoms with Crippen LogP contribution in [0.4, 0.5) is 4.39 Å². The Bertz CT molecular complexity index is 1620. The van der Waals surface area contributed by atoms with Gasteiger partial charge < -0.3 is 19.9 Å². The molecule has 1 aliphatic carbocycles. The van der Waals surface area contributed by atoms with E-state index in [1.54, 1.807) is 30.3 Å². The van der Waals surface area contributed by atoms with Gasteiger partial charge in [-0.15, -0.1) is 0 Å². The Kier molecular flexibility index (Phi) is 8.26. The average molecular weight is 582 g/mol. The van der Waals surface area contributed by atoms with Gasteiger partial charge in [-0.1, -0.05) is 36.4 Å². The van der Waals surface area contributed by atoms with Crippen LogP contribution in [0.15, 0.2) is 67.0 Å². The van der Waals surface area contributed by atoms with Crippen molar-refractivity contribution >= 4 is 18.1 Å². The van der Waals surface area contributed by atoms with Crippen LogP contribution in [0, 0.1) is 5.82 Å². The number of benzene rings is 2. The molecule has 1 aliphatic heterocycles. The summed E-state index contributed by atoms with van der Waals surface area (Å²) >= 11 is 0. The van der Waals surface area contributed by atoms with Crippen LogP contribution in [0.25, 0.3) is 11.1 Å². The third-order valence-corrected chi connectivity index (χ3v) is 8.03. The van der Waals surface area contributed by atoms with Crippen LogP contribution in [0.5, 0.6) is 11.6 Å². The lowest BCUT2D eigenvalue weighted by atomic mass is 9.91. The number of aldehydes is 1. The Morgan fingerprint density at radius 1 is 0.930 bits per heavy atom. The molecule has 2 aromatic heterocycles. The molecular formula is C33H32FN5O4. The Labute approximate surface area is 248 Å². The van der Waals surface area contributed by atoms with E-state index in [9.17, 15) is 18.8 Å². The highest BCUT2D eigenvalue weighted by Gasteiger charge is 2.27. The molecule has 4 aromatic rings. The predicted octanol–water partition coefficient (Wildman–Crippen LogP) is 5.50.